The molecule has 0 amide bonds. The molecular weight excluding hydrogens is 290 g/mol. The second-order valence-electron chi connectivity index (χ2n) is 5.38. The fraction of sp³-hybridized carbons (Fsp3) is 0.533. The zero-order chi connectivity index (χ0) is 16.0. The molecule has 1 rings (SSSR count). The van der Waals surface area contributed by atoms with Crippen molar-refractivity contribution in [3.63, 3.8) is 0 Å². The van der Waals surface area contributed by atoms with Crippen LogP contribution >= 0.6 is 0 Å². The van der Waals surface area contributed by atoms with Crippen LogP contribution in [0.3, 0.4) is 0 Å². The minimum atomic E-state index is -3.81. The van der Waals surface area contributed by atoms with Gasteiger partial charge in [-0.2, -0.15) is 4.72 Å². The maximum Gasteiger partial charge on any atom is 0.321 e. The van der Waals surface area contributed by atoms with Gasteiger partial charge in [0.05, 0.1) is 4.90 Å². The number of carboxylic acid groups (broad SMARTS) is 1. The van der Waals surface area contributed by atoms with Gasteiger partial charge in [0.1, 0.15) is 6.04 Å². The zero-order valence-electron chi connectivity index (χ0n) is 12.7. The Morgan fingerprint density at radius 3 is 2.24 bits per heavy atom. The van der Waals surface area contributed by atoms with E-state index in [1.165, 1.54) is 12.1 Å². The van der Waals surface area contributed by atoms with E-state index in [0.717, 1.165) is 12.0 Å². The summed E-state index contributed by atoms with van der Waals surface area (Å²) in [6, 6.07) is 5.44. The highest BCUT2D eigenvalue weighted by atomic mass is 32.2. The van der Waals surface area contributed by atoms with Gasteiger partial charge in [-0.05, 0) is 30.0 Å². The summed E-state index contributed by atoms with van der Waals surface area (Å²) in [7, 11) is -3.81. The molecule has 0 heterocycles. The third-order valence-corrected chi connectivity index (χ3v) is 4.79. The number of rotatable bonds is 8. The van der Waals surface area contributed by atoms with E-state index >= 15 is 0 Å². The first-order valence-electron chi connectivity index (χ1n) is 7.13. The second kappa shape index (κ2) is 7.56. The Labute approximate surface area is 126 Å². The van der Waals surface area contributed by atoms with Crippen LogP contribution in [0.1, 0.15) is 51.5 Å². The molecular formula is C15H23NO4S. The van der Waals surface area contributed by atoms with Crippen LogP contribution in [0.25, 0.3) is 0 Å². The summed E-state index contributed by atoms with van der Waals surface area (Å²) in [6.07, 6.45) is 1.76. The summed E-state index contributed by atoms with van der Waals surface area (Å²) < 4.78 is 26.7. The van der Waals surface area contributed by atoms with Gasteiger partial charge in [0, 0.05) is 0 Å². The normalized spacial score (nSPS) is 13.3. The highest BCUT2D eigenvalue weighted by molar-refractivity contribution is 7.89. The Kier molecular flexibility index (Phi) is 6.36. The van der Waals surface area contributed by atoms with E-state index in [9.17, 15) is 13.2 Å². The SMILES string of the molecule is CCCCC(NS(=O)(=O)c1ccc(C(C)C)cc1)C(=O)O. The fourth-order valence-electron chi connectivity index (χ4n) is 1.93. The van der Waals surface area contributed by atoms with Crippen LogP contribution in [0, 0.1) is 0 Å². The number of hydrogen-bond acceptors (Lipinski definition) is 3. The van der Waals surface area contributed by atoms with Crippen molar-refractivity contribution >= 4 is 16.0 Å². The van der Waals surface area contributed by atoms with Gasteiger partial charge in [0.25, 0.3) is 0 Å². The maximum absolute atomic E-state index is 12.2. The molecule has 2 N–H and O–H groups in total. The number of nitrogens with one attached hydrogen (secondary N) is 1. The Balaban J connectivity index is 2.91. The van der Waals surface area contributed by atoms with Crippen LogP contribution in [-0.4, -0.2) is 25.5 Å². The molecule has 0 saturated heterocycles. The number of carbonyl (C=O) groups is 1. The molecule has 1 aromatic rings. The van der Waals surface area contributed by atoms with Crippen molar-refractivity contribution in [2.45, 2.75) is 56.9 Å². The lowest BCUT2D eigenvalue weighted by Crippen LogP contribution is -2.40. The van der Waals surface area contributed by atoms with E-state index in [0.29, 0.717) is 12.3 Å². The maximum atomic E-state index is 12.2. The third kappa shape index (κ3) is 5.13. The van der Waals surface area contributed by atoms with Gasteiger partial charge in [-0.15, -0.1) is 0 Å². The Morgan fingerprint density at radius 1 is 1.24 bits per heavy atom. The van der Waals surface area contributed by atoms with E-state index in [1.54, 1.807) is 12.1 Å². The van der Waals surface area contributed by atoms with Crippen molar-refractivity contribution in [3.05, 3.63) is 29.8 Å². The Morgan fingerprint density at radius 2 is 1.81 bits per heavy atom. The Hall–Kier alpha value is -1.40. The molecule has 0 fully saturated rings. The van der Waals surface area contributed by atoms with Gasteiger partial charge in [-0.25, -0.2) is 8.42 Å². The van der Waals surface area contributed by atoms with Crippen molar-refractivity contribution in [3.8, 4) is 0 Å². The molecule has 6 heteroatoms. The largest absolute Gasteiger partial charge is 0.480 e. The summed E-state index contributed by atoms with van der Waals surface area (Å²) in [4.78, 5) is 11.2. The van der Waals surface area contributed by atoms with Crippen LogP contribution in [0.5, 0.6) is 0 Å². The van der Waals surface area contributed by atoms with Gasteiger partial charge in [0.2, 0.25) is 10.0 Å². The average Bonchev–Trinajstić information content (AvgIpc) is 2.43. The van der Waals surface area contributed by atoms with Crippen LogP contribution in [0.15, 0.2) is 29.2 Å². The van der Waals surface area contributed by atoms with Crippen molar-refractivity contribution in [1.29, 1.82) is 0 Å². The molecule has 21 heavy (non-hydrogen) atoms. The van der Waals surface area contributed by atoms with E-state index in [1.807, 2.05) is 20.8 Å². The lowest BCUT2D eigenvalue weighted by Gasteiger charge is -2.15. The van der Waals surface area contributed by atoms with Crippen molar-refractivity contribution in [2.75, 3.05) is 0 Å². The van der Waals surface area contributed by atoms with Gasteiger partial charge < -0.3 is 5.11 Å². The predicted octanol–water partition coefficient (Wildman–Crippen LogP) is 2.73. The summed E-state index contributed by atoms with van der Waals surface area (Å²) in [5, 5.41) is 9.10. The number of carboxylic acids is 1. The average molecular weight is 313 g/mol. The van der Waals surface area contributed by atoms with Crippen LogP contribution in [0.4, 0.5) is 0 Å². The van der Waals surface area contributed by atoms with Gasteiger partial charge in [-0.3, -0.25) is 4.79 Å². The predicted molar refractivity (Wildman–Crippen MR) is 81.8 cm³/mol. The molecule has 0 aliphatic rings. The number of hydrogen-bond donors (Lipinski definition) is 2. The summed E-state index contributed by atoms with van der Waals surface area (Å²) in [5.41, 5.74) is 1.04. The monoisotopic (exact) mass is 313 g/mol. The molecule has 0 aliphatic carbocycles. The quantitative estimate of drug-likeness (QED) is 0.773. The third-order valence-electron chi connectivity index (χ3n) is 3.30. The van der Waals surface area contributed by atoms with Crippen LogP contribution in [-0.2, 0) is 14.8 Å². The number of unbranched alkanes of at least 4 members (excludes halogenated alkanes) is 1. The van der Waals surface area contributed by atoms with Gasteiger partial charge in [-0.1, -0.05) is 45.7 Å². The topological polar surface area (TPSA) is 83.5 Å². The van der Waals surface area contributed by atoms with Crippen molar-refractivity contribution in [1.82, 2.24) is 4.72 Å². The summed E-state index contributed by atoms with van der Waals surface area (Å²) >= 11 is 0. The van der Waals surface area contributed by atoms with E-state index in [-0.39, 0.29) is 11.3 Å². The van der Waals surface area contributed by atoms with E-state index in [2.05, 4.69) is 4.72 Å². The van der Waals surface area contributed by atoms with Gasteiger partial charge in [0.15, 0.2) is 0 Å². The molecule has 0 spiro atoms. The fourth-order valence-corrected chi connectivity index (χ4v) is 3.15. The lowest BCUT2D eigenvalue weighted by atomic mass is 10.0. The summed E-state index contributed by atoms with van der Waals surface area (Å²) in [5.74, 6) is -0.836. The first kappa shape index (κ1) is 17.7. The van der Waals surface area contributed by atoms with Crippen molar-refractivity contribution < 1.29 is 18.3 Å². The molecule has 118 valence electrons. The number of sulfonamides is 1. The molecule has 0 saturated carbocycles. The smallest absolute Gasteiger partial charge is 0.321 e. The Bertz CT molecular complexity index is 564. The first-order chi connectivity index (χ1) is 9.77. The molecule has 0 radical (unpaired) electrons. The molecule has 5 nitrogen and oxygen atoms in total. The van der Waals surface area contributed by atoms with E-state index in [4.69, 9.17) is 5.11 Å². The van der Waals surface area contributed by atoms with Crippen molar-refractivity contribution in [2.24, 2.45) is 0 Å². The minimum Gasteiger partial charge on any atom is -0.480 e. The number of aliphatic carboxylic acids is 1. The molecule has 1 atom stereocenters. The molecule has 0 aliphatic heterocycles. The molecule has 1 aromatic carbocycles. The van der Waals surface area contributed by atoms with Crippen LogP contribution < -0.4 is 4.72 Å². The minimum absolute atomic E-state index is 0.0923. The zero-order valence-corrected chi connectivity index (χ0v) is 13.5. The molecule has 0 aromatic heterocycles. The molecule has 0 bridgehead atoms. The highest BCUT2D eigenvalue weighted by Crippen LogP contribution is 2.18. The molecule has 1 unspecified atom stereocenters. The lowest BCUT2D eigenvalue weighted by molar-refractivity contribution is -0.139. The van der Waals surface area contributed by atoms with Gasteiger partial charge >= 0.3 is 5.97 Å². The van der Waals surface area contributed by atoms with Crippen LogP contribution in [0.2, 0.25) is 0 Å². The second-order valence-corrected chi connectivity index (χ2v) is 7.09. The highest BCUT2D eigenvalue weighted by Gasteiger charge is 2.24. The standard InChI is InChI=1S/C15H23NO4S/c1-4-5-6-14(15(17)18)16-21(19,20)13-9-7-12(8-10-13)11(2)3/h7-11,14,16H,4-6H2,1-3H3,(H,17,18). The van der Waals surface area contributed by atoms with E-state index < -0.39 is 22.0 Å². The summed E-state index contributed by atoms with van der Waals surface area (Å²) in [6.45, 7) is 5.97. The first-order valence-corrected chi connectivity index (χ1v) is 8.61. The number of benzene rings is 1.